The molecule has 2 saturated heterocycles. The maximum atomic E-state index is 11.7. The van der Waals surface area contributed by atoms with E-state index in [1.54, 1.807) is 0 Å². The average Bonchev–Trinajstić information content (AvgIpc) is 2.37. The van der Waals surface area contributed by atoms with Crippen molar-refractivity contribution >= 4 is 11.8 Å². The van der Waals surface area contributed by atoms with Gasteiger partial charge in [-0.15, -0.1) is 0 Å². The Balaban J connectivity index is 1.76. The van der Waals surface area contributed by atoms with Gasteiger partial charge in [-0.1, -0.05) is 0 Å². The van der Waals surface area contributed by atoms with Crippen molar-refractivity contribution in [1.29, 1.82) is 0 Å². The molecule has 4 rings (SSSR count). The molecule has 5 heteroatoms. The molecule has 0 radical (unpaired) electrons. The van der Waals surface area contributed by atoms with Crippen LogP contribution in [0.25, 0.3) is 0 Å². The second-order valence-electron chi connectivity index (χ2n) is 5.62. The SMILES string of the molecule is COC(=O)C1C2CC1CN(c1cc(C)nc(C)n1)C2. The van der Waals surface area contributed by atoms with Gasteiger partial charge in [-0.05, 0) is 32.1 Å². The van der Waals surface area contributed by atoms with Crippen molar-refractivity contribution in [3.8, 4) is 0 Å². The van der Waals surface area contributed by atoms with Gasteiger partial charge in [0.2, 0.25) is 0 Å². The number of aromatic nitrogens is 2. The van der Waals surface area contributed by atoms with E-state index in [0.29, 0.717) is 11.8 Å². The van der Waals surface area contributed by atoms with E-state index in [1.807, 2.05) is 19.9 Å². The van der Waals surface area contributed by atoms with Crippen LogP contribution >= 0.6 is 0 Å². The zero-order valence-electron chi connectivity index (χ0n) is 11.6. The second-order valence-corrected chi connectivity index (χ2v) is 5.62. The molecule has 1 saturated carbocycles. The fraction of sp³-hybridized carbons (Fsp3) is 0.643. The molecule has 1 aromatic heterocycles. The Bertz CT molecular complexity index is 485. The number of nitrogens with zero attached hydrogens (tertiary/aromatic N) is 3. The Morgan fingerprint density at radius 1 is 1.32 bits per heavy atom. The Kier molecular flexibility index (Phi) is 2.92. The number of esters is 1. The third-order valence-corrected chi connectivity index (χ3v) is 4.28. The summed E-state index contributed by atoms with van der Waals surface area (Å²) in [4.78, 5) is 22.8. The molecule has 2 unspecified atom stereocenters. The number of carbonyl (C=O) groups excluding carboxylic acids is 1. The molecule has 3 aliphatic rings. The van der Waals surface area contributed by atoms with E-state index in [4.69, 9.17) is 4.74 Å². The Morgan fingerprint density at radius 2 is 2.00 bits per heavy atom. The molecule has 2 bridgehead atoms. The first kappa shape index (κ1) is 12.4. The molecule has 0 N–H and O–H groups in total. The molecule has 19 heavy (non-hydrogen) atoms. The summed E-state index contributed by atoms with van der Waals surface area (Å²) in [6.07, 6.45) is 1.14. The number of hydrogen-bond donors (Lipinski definition) is 0. The summed E-state index contributed by atoms with van der Waals surface area (Å²) in [7, 11) is 1.48. The van der Waals surface area contributed by atoms with Crippen LogP contribution in [0.3, 0.4) is 0 Å². The van der Waals surface area contributed by atoms with Crippen molar-refractivity contribution in [3.05, 3.63) is 17.6 Å². The van der Waals surface area contributed by atoms with Crippen LogP contribution in [-0.2, 0) is 9.53 Å². The minimum Gasteiger partial charge on any atom is -0.469 e. The van der Waals surface area contributed by atoms with Gasteiger partial charge in [0, 0.05) is 24.8 Å². The first-order valence-electron chi connectivity index (χ1n) is 6.73. The lowest BCUT2D eigenvalue weighted by Crippen LogP contribution is -2.58. The molecule has 0 aromatic carbocycles. The first-order valence-corrected chi connectivity index (χ1v) is 6.73. The molecule has 102 valence electrons. The van der Waals surface area contributed by atoms with E-state index in [9.17, 15) is 4.79 Å². The van der Waals surface area contributed by atoms with Crippen molar-refractivity contribution in [2.75, 3.05) is 25.1 Å². The van der Waals surface area contributed by atoms with Crippen LogP contribution in [0, 0.1) is 31.6 Å². The van der Waals surface area contributed by atoms with Crippen molar-refractivity contribution in [1.82, 2.24) is 9.97 Å². The highest BCUT2D eigenvalue weighted by Gasteiger charge is 2.51. The van der Waals surface area contributed by atoms with E-state index in [1.165, 1.54) is 7.11 Å². The van der Waals surface area contributed by atoms with Crippen LogP contribution in [0.15, 0.2) is 6.07 Å². The zero-order valence-corrected chi connectivity index (χ0v) is 11.6. The molecule has 0 amide bonds. The Hall–Kier alpha value is -1.65. The second kappa shape index (κ2) is 4.47. The van der Waals surface area contributed by atoms with Crippen LogP contribution in [0.5, 0.6) is 0 Å². The highest BCUT2D eigenvalue weighted by molar-refractivity contribution is 5.75. The van der Waals surface area contributed by atoms with Crippen molar-refractivity contribution in [3.63, 3.8) is 0 Å². The summed E-state index contributed by atoms with van der Waals surface area (Å²) in [6, 6.07) is 2.02. The fourth-order valence-electron chi connectivity index (χ4n) is 3.46. The van der Waals surface area contributed by atoms with E-state index >= 15 is 0 Å². The number of anilines is 1. The third-order valence-electron chi connectivity index (χ3n) is 4.28. The summed E-state index contributed by atoms with van der Waals surface area (Å²) in [5.74, 6) is 2.69. The van der Waals surface area contributed by atoms with Crippen LogP contribution in [0.4, 0.5) is 5.82 Å². The van der Waals surface area contributed by atoms with Crippen LogP contribution < -0.4 is 4.90 Å². The van der Waals surface area contributed by atoms with Crippen molar-refractivity contribution < 1.29 is 9.53 Å². The maximum absolute atomic E-state index is 11.7. The minimum atomic E-state index is -0.0454. The standard InChI is InChI=1S/C14H19N3O2/c1-8-4-12(16-9(2)15-8)17-6-10-5-11(7-17)13(10)14(18)19-3/h4,10-11,13H,5-7H2,1-3H3. The monoisotopic (exact) mass is 261 g/mol. The number of rotatable bonds is 2. The lowest BCUT2D eigenvalue weighted by atomic mass is 9.61. The van der Waals surface area contributed by atoms with Gasteiger partial charge >= 0.3 is 5.97 Å². The van der Waals surface area contributed by atoms with Gasteiger partial charge in [-0.25, -0.2) is 9.97 Å². The van der Waals surface area contributed by atoms with Gasteiger partial charge in [-0.3, -0.25) is 4.79 Å². The topological polar surface area (TPSA) is 55.3 Å². The van der Waals surface area contributed by atoms with E-state index < -0.39 is 0 Å². The number of piperidine rings is 2. The molecule has 3 heterocycles. The van der Waals surface area contributed by atoms with Crippen LogP contribution in [0.2, 0.25) is 0 Å². The molecule has 2 aliphatic heterocycles. The average molecular weight is 261 g/mol. The number of carbonyl (C=O) groups is 1. The van der Waals surface area contributed by atoms with Gasteiger partial charge in [-0.2, -0.15) is 0 Å². The molecular weight excluding hydrogens is 242 g/mol. The van der Waals surface area contributed by atoms with Crippen LogP contribution in [0.1, 0.15) is 17.9 Å². The quantitative estimate of drug-likeness (QED) is 0.752. The van der Waals surface area contributed by atoms with E-state index in [2.05, 4.69) is 14.9 Å². The van der Waals surface area contributed by atoms with Crippen molar-refractivity contribution in [2.45, 2.75) is 20.3 Å². The lowest BCUT2D eigenvalue weighted by molar-refractivity contribution is -0.157. The highest BCUT2D eigenvalue weighted by Crippen LogP contribution is 2.46. The molecule has 3 fully saturated rings. The lowest BCUT2D eigenvalue weighted by Gasteiger charge is -2.52. The maximum Gasteiger partial charge on any atom is 0.309 e. The number of ether oxygens (including phenoxy) is 1. The largest absolute Gasteiger partial charge is 0.469 e. The number of aryl methyl sites for hydroxylation is 2. The predicted octanol–water partition coefficient (Wildman–Crippen LogP) is 1.34. The fourth-order valence-corrected chi connectivity index (χ4v) is 3.46. The van der Waals surface area contributed by atoms with Crippen LogP contribution in [-0.4, -0.2) is 36.1 Å². The first-order chi connectivity index (χ1) is 9.08. The van der Waals surface area contributed by atoms with Gasteiger partial charge in [0.25, 0.3) is 0 Å². The normalized spacial score (nSPS) is 28.8. The predicted molar refractivity (Wildman–Crippen MR) is 70.8 cm³/mol. The van der Waals surface area contributed by atoms with Gasteiger partial charge in [0.15, 0.2) is 0 Å². The molecule has 1 aromatic rings. The molecule has 5 nitrogen and oxygen atoms in total. The van der Waals surface area contributed by atoms with Gasteiger partial charge in [0.05, 0.1) is 13.0 Å². The summed E-state index contributed by atoms with van der Waals surface area (Å²) in [6.45, 7) is 5.69. The molecule has 2 atom stereocenters. The molecule has 1 aliphatic carbocycles. The van der Waals surface area contributed by atoms with E-state index in [-0.39, 0.29) is 11.9 Å². The summed E-state index contributed by atoms with van der Waals surface area (Å²) < 4.78 is 4.89. The summed E-state index contributed by atoms with van der Waals surface area (Å²) in [5.41, 5.74) is 0.992. The molecule has 0 spiro atoms. The third kappa shape index (κ3) is 2.07. The van der Waals surface area contributed by atoms with E-state index in [0.717, 1.165) is 36.8 Å². The smallest absolute Gasteiger partial charge is 0.309 e. The highest BCUT2D eigenvalue weighted by atomic mass is 16.5. The van der Waals surface area contributed by atoms with Gasteiger partial charge in [0.1, 0.15) is 11.6 Å². The number of fused-ring (bicyclic) bond motifs is 2. The Labute approximate surface area is 113 Å². The van der Waals surface area contributed by atoms with Gasteiger partial charge < -0.3 is 9.64 Å². The number of methoxy groups -OCH3 is 1. The minimum absolute atomic E-state index is 0.0454. The summed E-state index contributed by atoms with van der Waals surface area (Å²) in [5, 5.41) is 0. The Morgan fingerprint density at radius 3 is 2.58 bits per heavy atom. The van der Waals surface area contributed by atoms with Crippen molar-refractivity contribution in [2.24, 2.45) is 17.8 Å². The molecular formula is C14H19N3O2. The summed E-state index contributed by atoms with van der Waals surface area (Å²) >= 11 is 0. The number of hydrogen-bond acceptors (Lipinski definition) is 5. The zero-order chi connectivity index (χ0) is 13.6.